The Labute approximate surface area is 120 Å². The van der Waals surface area contributed by atoms with Crippen LogP contribution >= 0.6 is 0 Å². The molecular weight excluding hydrogens is 246 g/mol. The maximum Gasteiger partial charge on any atom is 0.0669 e. The molecule has 20 heavy (non-hydrogen) atoms. The highest BCUT2D eigenvalue weighted by Gasteiger charge is 2.26. The van der Waals surface area contributed by atoms with Crippen LogP contribution in [0.5, 0.6) is 0 Å². The Bertz CT molecular complexity index is 567. The van der Waals surface area contributed by atoms with Gasteiger partial charge >= 0.3 is 0 Å². The van der Waals surface area contributed by atoms with Crippen molar-refractivity contribution in [1.29, 1.82) is 0 Å². The van der Waals surface area contributed by atoms with Crippen LogP contribution in [0, 0.1) is 0 Å². The molecule has 1 atom stereocenters. The van der Waals surface area contributed by atoms with E-state index in [2.05, 4.69) is 59.3 Å². The lowest BCUT2D eigenvalue weighted by Gasteiger charge is -2.42. The van der Waals surface area contributed by atoms with Crippen LogP contribution in [0.1, 0.15) is 11.6 Å². The van der Waals surface area contributed by atoms with Crippen molar-refractivity contribution < 1.29 is 0 Å². The number of nitrogens with zero attached hydrogens (tertiary/aromatic N) is 2. The summed E-state index contributed by atoms with van der Waals surface area (Å²) in [6.45, 7) is 3.15. The predicted octanol–water partition coefficient (Wildman–Crippen LogP) is 2.76. The third-order valence-corrected chi connectivity index (χ3v) is 3.97. The molecule has 1 saturated heterocycles. The average Bonchev–Trinajstić information content (AvgIpc) is 2.48. The Morgan fingerprint density at radius 2 is 1.80 bits per heavy atom. The lowest BCUT2D eigenvalue weighted by Crippen LogP contribution is -2.46. The molecule has 0 bridgehead atoms. The van der Waals surface area contributed by atoms with Crippen molar-refractivity contribution in [1.82, 2.24) is 4.90 Å². The van der Waals surface area contributed by atoms with Crippen molar-refractivity contribution in [2.45, 2.75) is 6.04 Å². The largest absolute Gasteiger partial charge is 0.399 e. The van der Waals surface area contributed by atoms with Crippen molar-refractivity contribution >= 4 is 11.4 Å². The van der Waals surface area contributed by atoms with Gasteiger partial charge in [-0.25, -0.2) is 0 Å². The second-order valence-corrected chi connectivity index (χ2v) is 5.48. The molecule has 1 heterocycles. The molecule has 1 aliphatic heterocycles. The predicted molar refractivity (Wildman–Crippen MR) is 84.9 cm³/mol. The van der Waals surface area contributed by atoms with E-state index in [1.165, 1.54) is 11.3 Å². The molecular formula is C17H21N3. The Kier molecular flexibility index (Phi) is 3.61. The fraction of sp³-hybridized carbons (Fsp3) is 0.294. The quantitative estimate of drug-likeness (QED) is 0.849. The summed E-state index contributed by atoms with van der Waals surface area (Å²) in [7, 11) is 2.19. The Balaban J connectivity index is 1.95. The Hall–Kier alpha value is -2.00. The highest BCUT2D eigenvalue weighted by molar-refractivity contribution is 5.57. The normalized spacial score (nSPS) is 20.1. The zero-order chi connectivity index (χ0) is 13.9. The van der Waals surface area contributed by atoms with Crippen molar-refractivity contribution in [2.75, 3.05) is 37.3 Å². The van der Waals surface area contributed by atoms with E-state index < -0.39 is 0 Å². The van der Waals surface area contributed by atoms with Gasteiger partial charge in [-0.1, -0.05) is 36.4 Å². The molecule has 0 aliphatic carbocycles. The van der Waals surface area contributed by atoms with Crippen LogP contribution in [0.15, 0.2) is 54.6 Å². The van der Waals surface area contributed by atoms with Gasteiger partial charge in [0, 0.05) is 31.0 Å². The molecule has 104 valence electrons. The molecule has 3 nitrogen and oxygen atoms in total. The van der Waals surface area contributed by atoms with Gasteiger partial charge in [0.2, 0.25) is 0 Å². The number of anilines is 2. The number of piperazine rings is 1. The smallest absolute Gasteiger partial charge is 0.0669 e. The fourth-order valence-corrected chi connectivity index (χ4v) is 2.89. The highest BCUT2D eigenvalue weighted by atomic mass is 15.3. The molecule has 1 aliphatic rings. The summed E-state index contributed by atoms with van der Waals surface area (Å²) in [6, 6.07) is 19.3. The highest BCUT2D eigenvalue weighted by Crippen LogP contribution is 2.31. The van der Waals surface area contributed by atoms with Gasteiger partial charge in [0.1, 0.15) is 0 Å². The second-order valence-electron chi connectivity index (χ2n) is 5.48. The van der Waals surface area contributed by atoms with E-state index in [0.29, 0.717) is 6.04 Å². The van der Waals surface area contributed by atoms with Crippen molar-refractivity contribution in [2.24, 2.45) is 0 Å². The van der Waals surface area contributed by atoms with Crippen LogP contribution in [0.2, 0.25) is 0 Å². The molecule has 0 radical (unpaired) electrons. The van der Waals surface area contributed by atoms with Gasteiger partial charge in [0.05, 0.1) is 6.04 Å². The van der Waals surface area contributed by atoms with Crippen LogP contribution in [0.25, 0.3) is 0 Å². The van der Waals surface area contributed by atoms with Crippen LogP contribution in [0.4, 0.5) is 11.4 Å². The first kappa shape index (κ1) is 13.0. The first-order valence-corrected chi connectivity index (χ1v) is 7.10. The van der Waals surface area contributed by atoms with Crippen LogP contribution < -0.4 is 10.6 Å². The SMILES string of the molecule is CN1CCN(c2cccc(N)c2)C(c2ccccc2)C1. The lowest BCUT2D eigenvalue weighted by atomic mass is 10.0. The van der Waals surface area contributed by atoms with Gasteiger partial charge in [-0.3, -0.25) is 0 Å². The topological polar surface area (TPSA) is 32.5 Å². The van der Waals surface area contributed by atoms with E-state index in [1.54, 1.807) is 0 Å². The summed E-state index contributed by atoms with van der Waals surface area (Å²) in [5, 5.41) is 0. The average molecular weight is 267 g/mol. The molecule has 2 N–H and O–H groups in total. The van der Waals surface area contributed by atoms with Gasteiger partial charge in [0.25, 0.3) is 0 Å². The number of benzene rings is 2. The van der Waals surface area contributed by atoms with Gasteiger partial charge < -0.3 is 15.5 Å². The minimum Gasteiger partial charge on any atom is -0.399 e. The summed E-state index contributed by atoms with van der Waals surface area (Å²) in [5.41, 5.74) is 9.34. The molecule has 0 saturated carbocycles. The zero-order valence-electron chi connectivity index (χ0n) is 11.9. The molecule has 2 aromatic carbocycles. The first-order chi connectivity index (χ1) is 9.74. The van der Waals surface area contributed by atoms with E-state index in [-0.39, 0.29) is 0 Å². The van der Waals surface area contributed by atoms with Gasteiger partial charge in [-0.15, -0.1) is 0 Å². The first-order valence-electron chi connectivity index (χ1n) is 7.10. The minimum absolute atomic E-state index is 0.386. The van der Waals surface area contributed by atoms with Crippen LogP contribution in [-0.4, -0.2) is 31.6 Å². The molecule has 3 heteroatoms. The molecule has 1 fully saturated rings. The molecule has 1 unspecified atom stereocenters. The molecule has 0 amide bonds. The summed E-state index contributed by atoms with van der Waals surface area (Å²) in [5.74, 6) is 0. The Morgan fingerprint density at radius 3 is 2.55 bits per heavy atom. The van der Waals surface area contributed by atoms with Crippen molar-refractivity contribution in [3.05, 3.63) is 60.2 Å². The van der Waals surface area contributed by atoms with E-state index in [4.69, 9.17) is 5.73 Å². The standard InChI is InChI=1S/C17H21N3/c1-19-10-11-20(16-9-5-8-15(18)12-16)17(13-19)14-6-3-2-4-7-14/h2-9,12,17H,10-11,13,18H2,1H3. The summed E-state index contributed by atoms with van der Waals surface area (Å²) in [6.07, 6.45) is 0. The number of rotatable bonds is 2. The molecule has 2 aromatic rings. The van der Waals surface area contributed by atoms with E-state index in [9.17, 15) is 0 Å². The van der Waals surface area contributed by atoms with Crippen molar-refractivity contribution in [3.8, 4) is 0 Å². The fourth-order valence-electron chi connectivity index (χ4n) is 2.89. The number of hydrogen-bond acceptors (Lipinski definition) is 3. The summed E-state index contributed by atoms with van der Waals surface area (Å²) in [4.78, 5) is 4.85. The van der Waals surface area contributed by atoms with Gasteiger partial charge in [0.15, 0.2) is 0 Å². The number of nitrogens with two attached hydrogens (primary N) is 1. The van der Waals surface area contributed by atoms with E-state index >= 15 is 0 Å². The van der Waals surface area contributed by atoms with Crippen molar-refractivity contribution in [3.63, 3.8) is 0 Å². The summed E-state index contributed by atoms with van der Waals surface area (Å²) < 4.78 is 0. The molecule has 3 rings (SSSR count). The van der Waals surface area contributed by atoms with E-state index in [0.717, 1.165) is 25.3 Å². The Morgan fingerprint density at radius 1 is 1.00 bits per heavy atom. The number of likely N-dealkylation sites (N-methyl/N-ethyl adjacent to an activating group) is 1. The minimum atomic E-state index is 0.386. The van der Waals surface area contributed by atoms with Gasteiger partial charge in [-0.05, 0) is 30.8 Å². The lowest BCUT2D eigenvalue weighted by molar-refractivity contribution is 0.269. The maximum atomic E-state index is 5.94. The van der Waals surface area contributed by atoms with Gasteiger partial charge in [-0.2, -0.15) is 0 Å². The molecule has 0 spiro atoms. The monoisotopic (exact) mass is 267 g/mol. The second kappa shape index (κ2) is 5.55. The maximum absolute atomic E-state index is 5.94. The summed E-state index contributed by atoms with van der Waals surface area (Å²) >= 11 is 0. The third-order valence-electron chi connectivity index (χ3n) is 3.97. The van der Waals surface area contributed by atoms with Crippen LogP contribution in [0.3, 0.4) is 0 Å². The number of hydrogen-bond donors (Lipinski definition) is 1. The zero-order valence-corrected chi connectivity index (χ0v) is 11.9. The van der Waals surface area contributed by atoms with E-state index in [1.807, 2.05) is 12.1 Å². The third kappa shape index (κ3) is 2.63. The van der Waals surface area contributed by atoms with Crippen LogP contribution in [-0.2, 0) is 0 Å². The number of nitrogen functional groups attached to an aromatic ring is 1. The molecule has 0 aromatic heterocycles.